The zero-order chi connectivity index (χ0) is 13.0. The molecule has 2 unspecified atom stereocenters. The van der Waals surface area contributed by atoms with E-state index in [4.69, 9.17) is 4.98 Å². The zero-order valence-corrected chi connectivity index (χ0v) is 12.6. The van der Waals surface area contributed by atoms with Gasteiger partial charge in [0, 0.05) is 25.0 Å². The molecule has 1 aromatic heterocycles. The van der Waals surface area contributed by atoms with E-state index >= 15 is 0 Å². The van der Waals surface area contributed by atoms with Crippen molar-refractivity contribution in [2.45, 2.75) is 52.1 Å². The summed E-state index contributed by atoms with van der Waals surface area (Å²) in [7, 11) is 2.21. The Balaban J connectivity index is 1.99. The molecule has 0 radical (unpaired) electrons. The Morgan fingerprint density at radius 2 is 2.22 bits per heavy atom. The first-order chi connectivity index (χ1) is 8.72. The topological polar surface area (TPSA) is 28.2 Å². The van der Waals surface area contributed by atoms with Gasteiger partial charge in [-0.05, 0) is 25.3 Å². The van der Waals surface area contributed by atoms with Crippen LogP contribution in [-0.4, -0.2) is 24.6 Å². The highest BCUT2D eigenvalue weighted by Crippen LogP contribution is 2.31. The number of nitrogens with one attached hydrogen (secondary N) is 1. The van der Waals surface area contributed by atoms with Gasteiger partial charge in [0.05, 0.1) is 5.69 Å². The van der Waals surface area contributed by atoms with E-state index in [9.17, 15) is 0 Å². The molecule has 3 nitrogen and oxygen atoms in total. The number of thiazole rings is 1. The molecule has 2 rings (SSSR count). The van der Waals surface area contributed by atoms with Crippen molar-refractivity contribution in [3.63, 3.8) is 0 Å². The van der Waals surface area contributed by atoms with Crippen LogP contribution in [0.15, 0.2) is 5.38 Å². The van der Waals surface area contributed by atoms with Crippen molar-refractivity contribution < 1.29 is 0 Å². The highest BCUT2D eigenvalue weighted by molar-refractivity contribution is 7.13. The van der Waals surface area contributed by atoms with Gasteiger partial charge in [0.15, 0.2) is 5.13 Å². The van der Waals surface area contributed by atoms with Crippen LogP contribution in [0.1, 0.15) is 45.2 Å². The van der Waals surface area contributed by atoms with Gasteiger partial charge in [0.25, 0.3) is 0 Å². The Morgan fingerprint density at radius 3 is 2.94 bits per heavy atom. The van der Waals surface area contributed by atoms with Crippen LogP contribution in [-0.2, 0) is 6.54 Å². The second-order valence-corrected chi connectivity index (χ2v) is 6.18. The molecule has 0 amide bonds. The zero-order valence-electron chi connectivity index (χ0n) is 11.8. The predicted molar refractivity (Wildman–Crippen MR) is 79.3 cm³/mol. The summed E-state index contributed by atoms with van der Waals surface area (Å²) in [6.07, 6.45) is 5.45. The van der Waals surface area contributed by atoms with E-state index in [0.29, 0.717) is 6.04 Å². The van der Waals surface area contributed by atoms with Crippen LogP contribution >= 0.6 is 11.3 Å². The smallest absolute Gasteiger partial charge is 0.185 e. The highest BCUT2D eigenvalue weighted by atomic mass is 32.1. The summed E-state index contributed by atoms with van der Waals surface area (Å²) in [6, 6.07) is 0.678. The molecule has 1 fully saturated rings. The highest BCUT2D eigenvalue weighted by Gasteiger charge is 2.26. The third-order valence-corrected chi connectivity index (χ3v) is 4.94. The van der Waals surface area contributed by atoms with E-state index in [1.54, 1.807) is 11.3 Å². The minimum atomic E-state index is 0.678. The summed E-state index contributed by atoms with van der Waals surface area (Å²) in [5.41, 5.74) is 1.17. The molecular formula is C14H25N3S. The molecular weight excluding hydrogens is 242 g/mol. The van der Waals surface area contributed by atoms with E-state index in [1.165, 1.54) is 36.5 Å². The first kappa shape index (κ1) is 13.8. The van der Waals surface area contributed by atoms with Crippen molar-refractivity contribution >= 4 is 16.5 Å². The fourth-order valence-corrected chi connectivity index (χ4v) is 3.66. The average Bonchev–Trinajstić information content (AvgIpc) is 2.85. The molecule has 1 aliphatic rings. The first-order valence-corrected chi connectivity index (χ1v) is 7.98. The van der Waals surface area contributed by atoms with Crippen LogP contribution in [0.4, 0.5) is 5.13 Å². The summed E-state index contributed by atoms with van der Waals surface area (Å²) < 4.78 is 0. The Hall–Kier alpha value is -0.610. The molecule has 1 N–H and O–H groups in total. The number of hydrogen-bond donors (Lipinski definition) is 1. The van der Waals surface area contributed by atoms with Gasteiger partial charge >= 0.3 is 0 Å². The van der Waals surface area contributed by atoms with Gasteiger partial charge in [-0.1, -0.05) is 26.7 Å². The van der Waals surface area contributed by atoms with Crippen molar-refractivity contribution in [2.24, 2.45) is 5.92 Å². The van der Waals surface area contributed by atoms with Crippen molar-refractivity contribution in [3.8, 4) is 0 Å². The van der Waals surface area contributed by atoms with Gasteiger partial charge in [0.1, 0.15) is 0 Å². The molecule has 1 aromatic rings. The molecule has 0 spiro atoms. The molecule has 1 aliphatic carbocycles. The van der Waals surface area contributed by atoms with E-state index in [-0.39, 0.29) is 0 Å². The van der Waals surface area contributed by atoms with Crippen LogP contribution < -0.4 is 10.2 Å². The molecule has 1 saturated carbocycles. The van der Waals surface area contributed by atoms with Crippen LogP contribution in [0.25, 0.3) is 0 Å². The largest absolute Gasteiger partial charge is 0.348 e. The molecule has 0 aromatic carbocycles. The number of anilines is 1. The van der Waals surface area contributed by atoms with Crippen LogP contribution in [0.2, 0.25) is 0 Å². The maximum absolute atomic E-state index is 4.74. The van der Waals surface area contributed by atoms with Gasteiger partial charge in [-0.2, -0.15) is 0 Å². The quantitative estimate of drug-likeness (QED) is 0.887. The minimum Gasteiger partial charge on any atom is -0.348 e. The summed E-state index contributed by atoms with van der Waals surface area (Å²) in [5.74, 6) is 0.796. The Bertz CT molecular complexity index is 364. The van der Waals surface area contributed by atoms with Gasteiger partial charge in [-0.15, -0.1) is 11.3 Å². The van der Waals surface area contributed by atoms with Crippen molar-refractivity contribution in [1.29, 1.82) is 0 Å². The molecule has 1 heterocycles. The first-order valence-electron chi connectivity index (χ1n) is 7.10. The van der Waals surface area contributed by atoms with Crippen molar-refractivity contribution in [1.82, 2.24) is 10.3 Å². The van der Waals surface area contributed by atoms with Crippen molar-refractivity contribution in [3.05, 3.63) is 11.1 Å². The SMILES string of the molecule is CCNCc1csc(N(C)C2CCCCC2C)n1. The summed E-state index contributed by atoms with van der Waals surface area (Å²) in [4.78, 5) is 7.15. The lowest BCUT2D eigenvalue weighted by Gasteiger charge is -2.36. The maximum atomic E-state index is 4.74. The predicted octanol–water partition coefficient (Wildman–Crippen LogP) is 3.27. The summed E-state index contributed by atoms with van der Waals surface area (Å²) in [5, 5.41) is 6.70. The number of hydrogen-bond acceptors (Lipinski definition) is 4. The van der Waals surface area contributed by atoms with E-state index < -0.39 is 0 Å². The summed E-state index contributed by atoms with van der Waals surface area (Å²) >= 11 is 1.78. The van der Waals surface area contributed by atoms with Gasteiger partial charge in [0.2, 0.25) is 0 Å². The van der Waals surface area contributed by atoms with Gasteiger partial charge in [-0.25, -0.2) is 4.98 Å². The second kappa shape index (κ2) is 6.53. The summed E-state index contributed by atoms with van der Waals surface area (Å²) in [6.45, 7) is 6.40. The Kier molecular flexibility index (Phi) is 5.01. The Morgan fingerprint density at radius 1 is 1.44 bits per heavy atom. The molecule has 0 saturated heterocycles. The van der Waals surface area contributed by atoms with E-state index in [2.05, 4.69) is 36.5 Å². The Labute approximate surface area is 115 Å². The maximum Gasteiger partial charge on any atom is 0.185 e. The fourth-order valence-electron chi connectivity index (χ4n) is 2.81. The third kappa shape index (κ3) is 3.23. The average molecular weight is 267 g/mol. The lowest BCUT2D eigenvalue weighted by atomic mass is 9.85. The molecule has 2 atom stereocenters. The normalized spacial score (nSPS) is 24.2. The standard InChI is InChI=1S/C14H25N3S/c1-4-15-9-12-10-18-14(16-12)17(3)13-8-6-5-7-11(13)2/h10-11,13,15H,4-9H2,1-3H3. The fraction of sp³-hybridized carbons (Fsp3) is 0.786. The number of aromatic nitrogens is 1. The number of nitrogens with zero attached hydrogens (tertiary/aromatic N) is 2. The number of rotatable bonds is 5. The molecule has 0 aliphatic heterocycles. The molecule has 4 heteroatoms. The van der Waals surface area contributed by atoms with Crippen LogP contribution in [0, 0.1) is 5.92 Å². The third-order valence-electron chi connectivity index (χ3n) is 3.96. The van der Waals surface area contributed by atoms with Gasteiger partial charge in [-0.3, -0.25) is 0 Å². The lowest BCUT2D eigenvalue weighted by molar-refractivity contribution is 0.321. The minimum absolute atomic E-state index is 0.678. The van der Waals surface area contributed by atoms with Gasteiger partial charge < -0.3 is 10.2 Å². The molecule has 0 bridgehead atoms. The molecule has 18 heavy (non-hydrogen) atoms. The van der Waals surface area contributed by atoms with Crippen LogP contribution in [0.5, 0.6) is 0 Å². The van der Waals surface area contributed by atoms with Crippen molar-refractivity contribution in [2.75, 3.05) is 18.5 Å². The van der Waals surface area contributed by atoms with Crippen LogP contribution in [0.3, 0.4) is 0 Å². The monoisotopic (exact) mass is 267 g/mol. The lowest BCUT2D eigenvalue weighted by Crippen LogP contribution is -2.38. The van der Waals surface area contributed by atoms with E-state index in [1.807, 2.05) is 0 Å². The molecule has 102 valence electrons. The van der Waals surface area contributed by atoms with E-state index in [0.717, 1.165) is 19.0 Å². The second-order valence-electron chi connectivity index (χ2n) is 5.34.